The molecule has 0 saturated heterocycles. The molecular weight excluding hydrogens is 228 g/mol. The standard InChI is InChI=1S/C14H28N2O2/c1-10(2)5-6-11(3)15-13(18)16-14(4,9-17)12-7-8-12/h10-12,17H,5-9H2,1-4H3,(H2,15,16,18). The molecular formula is C14H28N2O2. The third kappa shape index (κ3) is 4.84. The molecule has 2 unspecified atom stereocenters. The van der Waals surface area contributed by atoms with Crippen LogP contribution in [0.2, 0.25) is 0 Å². The van der Waals surface area contributed by atoms with Crippen molar-refractivity contribution in [2.75, 3.05) is 6.61 Å². The van der Waals surface area contributed by atoms with E-state index in [0.717, 1.165) is 25.7 Å². The van der Waals surface area contributed by atoms with Crippen LogP contribution in [0.5, 0.6) is 0 Å². The smallest absolute Gasteiger partial charge is 0.315 e. The first kappa shape index (κ1) is 15.3. The van der Waals surface area contributed by atoms with Gasteiger partial charge in [0.05, 0.1) is 12.1 Å². The molecule has 18 heavy (non-hydrogen) atoms. The van der Waals surface area contributed by atoms with Gasteiger partial charge >= 0.3 is 6.03 Å². The number of hydrogen-bond acceptors (Lipinski definition) is 2. The number of carbonyl (C=O) groups excluding carboxylic acids is 1. The lowest BCUT2D eigenvalue weighted by Crippen LogP contribution is -2.55. The quantitative estimate of drug-likeness (QED) is 0.654. The zero-order chi connectivity index (χ0) is 13.8. The largest absolute Gasteiger partial charge is 0.394 e. The van der Waals surface area contributed by atoms with Crippen LogP contribution in [-0.4, -0.2) is 29.3 Å². The number of urea groups is 1. The zero-order valence-electron chi connectivity index (χ0n) is 12.1. The lowest BCUT2D eigenvalue weighted by Gasteiger charge is -2.29. The average Bonchev–Trinajstić information content (AvgIpc) is 3.09. The van der Waals surface area contributed by atoms with E-state index in [9.17, 15) is 9.90 Å². The van der Waals surface area contributed by atoms with Gasteiger partial charge < -0.3 is 15.7 Å². The number of rotatable bonds is 7. The molecule has 4 heteroatoms. The van der Waals surface area contributed by atoms with Gasteiger partial charge in [-0.2, -0.15) is 0 Å². The maximum absolute atomic E-state index is 11.9. The first-order chi connectivity index (χ1) is 8.37. The summed E-state index contributed by atoms with van der Waals surface area (Å²) in [5.74, 6) is 1.09. The van der Waals surface area contributed by atoms with Crippen molar-refractivity contribution in [3.8, 4) is 0 Å². The molecule has 2 amide bonds. The van der Waals surface area contributed by atoms with Gasteiger partial charge in [0.1, 0.15) is 0 Å². The maximum Gasteiger partial charge on any atom is 0.315 e. The van der Waals surface area contributed by atoms with Crippen LogP contribution in [0.1, 0.15) is 53.4 Å². The van der Waals surface area contributed by atoms with E-state index in [4.69, 9.17) is 0 Å². The summed E-state index contributed by atoms with van der Waals surface area (Å²) in [7, 11) is 0. The highest BCUT2D eigenvalue weighted by molar-refractivity contribution is 5.75. The van der Waals surface area contributed by atoms with E-state index in [2.05, 4.69) is 24.5 Å². The molecule has 1 saturated carbocycles. The van der Waals surface area contributed by atoms with Crippen LogP contribution < -0.4 is 10.6 Å². The average molecular weight is 256 g/mol. The Morgan fingerprint density at radius 2 is 1.94 bits per heavy atom. The first-order valence-electron chi connectivity index (χ1n) is 7.07. The molecule has 2 atom stereocenters. The Labute approximate surface area is 111 Å². The van der Waals surface area contributed by atoms with Crippen LogP contribution in [0.25, 0.3) is 0 Å². The predicted molar refractivity (Wildman–Crippen MR) is 73.4 cm³/mol. The van der Waals surface area contributed by atoms with Crippen LogP contribution in [0.4, 0.5) is 4.79 Å². The van der Waals surface area contributed by atoms with Crippen molar-refractivity contribution in [3.05, 3.63) is 0 Å². The van der Waals surface area contributed by atoms with Crippen molar-refractivity contribution in [1.82, 2.24) is 10.6 Å². The van der Waals surface area contributed by atoms with Crippen LogP contribution in [0.15, 0.2) is 0 Å². The minimum atomic E-state index is -0.456. The molecule has 0 radical (unpaired) electrons. The van der Waals surface area contributed by atoms with E-state index in [-0.39, 0.29) is 18.7 Å². The molecule has 1 rings (SSSR count). The van der Waals surface area contributed by atoms with Gasteiger partial charge in [-0.15, -0.1) is 0 Å². The second-order valence-corrected chi connectivity index (χ2v) is 6.32. The monoisotopic (exact) mass is 256 g/mol. The highest BCUT2D eigenvalue weighted by Crippen LogP contribution is 2.39. The SMILES string of the molecule is CC(C)CCC(C)NC(=O)NC(C)(CO)C1CC1. The highest BCUT2D eigenvalue weighted by atomic mass is 16.3. The van der Waals surface area contributed by atoms with Gasteiger partial charge in [-0.1, -0.05) is 13.8 Å². The summed E-state index contributed by atoms with van der Waals surface area (Å²) < 4.78 is 0. The van der Waals surface area contributed by atoms with Gasteiger partial charge in [0.25, 0.3) is 0 Å². The van der Waals surface area contributed by atoms with Crippen molar-refractivity contribution in [3.63, 3.8) is 0 Å². The third-order valence-electron chi connectivity index (χ3n) is 3.76. The second-order valence-electron chi connectivity index (χ2n) is 6.32. The summed E-state index contributed by atoms with van der Waals surface area (Å²) in [6.07, 6.45) is 4.30. The first-order valence-corrected chi connectivity index (χ1v) is 7.07. The van der Waals surface area contributed by atoms with Gasteiger partial charge in [-0.3, -0.25) is 0 Å². The third-order valence-corrected chi connectivity index (χ3v) is 3.76. The molecule has 0 heterocycles. The molecule has 0 bridgehead atoms. The Hall–Kier alpha value is -0.770. The minimum absolute atomic E-state index is 0.00542. The van der Waals surface area contributed by atoms with Crippen LogP contribution >= 0.6 is 0 Å². The molecule has 1 aliphatic rings. The minimum Gasteiger partial charge on any atom is -0.394 e. The molecule has 4 nitrogen and oxygen atoms in total. The summed E-state index contributed by atoms with van der Waals surface area (Å²) in [6, 6.07) is 0.0178. The molecule has 0 aromatic rings. The Balaban J connectivity index is 2.31. The van der Waals surface area contributed by atoms with Gasteiger partial charge in [0.15, 0.2) is 0 Å². The summed E-state index contributed by atoms with van der Waals surface area (Å²) in [5, 5.41) is 15.3. The normalized spacial score (nSPS) is 20.3. The fourth-order valence-electron chi connectivity index (χ4n) is 2.17. The number of nitrogens with one attached hydrogen (secondary N) is 2. The summed E-state index contributed by atoms with van der Waals surface area (Å²) >= 11 is 0. The van der Waals surface area contributed by atoms with E-state index >= 15 is 0 Å². The fraction of sp³-hybridized carbons (Fsp3) is 0.929. The van der Waals surface area contributed by atoms with E-state index in [1.807, 2.05) is 13.8 Å². The molecule has 1 fully saturated rings. The van der Waals surface area contributed by atoms with Gasteiger partial charge in [-0.25, -0.2) is 4.79 Å². The molecule has 0 spiro atoms. The second kappa shape index (κ2) is 6.41. The fourth-order valence-corrected chi connectivity index (χ4v) is 2.17. The lowest BCUT2D eigenvalue weighted by molar-refractivity contribution is 0.154. The molecule has 1 aliphatic carbocycles. The van der Waals surface area contributed by atoms with E-state index in [1.165, 1.54) is 0 Å². The molecule has 106 valence electrons. The van der Waals surface area contributed by atoms with Crippen LogP contribution in [0.3, 0.4) is 0 Å². The van der Waals surface area contributed by atoms with Gasteiger partial charge in [0.2, 0.25) is 0 Å². The summed E-state index contributed by atoms with van der Waals surface area (Å²) in [4.78, 5) is 11.9. The van der Waals surface area contributed by atoms with Crippen molar-refractivity contribution in [1.29, 1.82) is 0 Å². The van der Waals surface area contributed by atoms with E-state index in [1.54, 1.807) is 0 Å². The number of carbonyl (C=O) groups is 1. The number of aliphatic hydroxyl groups excluding tert-OH is 1. The molecule has 0 aromatic heterocycles. The summed E-state index contributed by atoms with van der Waals surface area (Å²) in [6.45, 7) is 8.31. The van der Waals surface area contributed by atoms with Crippen molar-refractivity contribution >= 4 is 6.03 Å². The van der Waals surface area contributed by atoms with Crippen molar-refractivity contribution in [2.24, 2.45) is 11.8 Å². The van der Waals surface area contributed by atoms with E-state index < -0.39 is 5.54 Å². The van der Waals surface area contributed by atoms with Gasteiger partial charge in [0, 0.05) is 6.04 Å². The van der Waals surface area contributed by atoms with Gasteiger partial charge in [-0.05, 0) is 51.4 Å². The van der Waals surface area contributed by atoms with Crippen molar-refractivity contribution < 1.29 is 9.90 Å². The topological polar surface area (TPSA) is 61.4 Å². The zero-order valence-corrected chi connectivity index (χ0v) is 12.1. The van der Waals surface area contributed by atoms with Crippen molar-refractivity contribution in [2.45, 2.75) is 65.0 Å². The summed E-state index contributed by atoms with van der Waals surface area (Å²) in [5.41, 5.74) is -0.456. The molecule has 0 aromatic carbocycles. The Morgan fingerprint density at radius 3 is 2.39 bits per heavy atom. The Morgan fingerprint density at radius 1 is 1.33 bits per heavy atom. The lowest BCUT2D eigenvalue weighted by atomic mass is 9.97. The van der Waals surface area contributed by atoms with Crippen LogP contribution in [-0.2, 0) is 0 Å². The number of amides is 2. The maximum atomic E-state index is 11.9. The number of aliphatic hydroxyl groups is 1. The highest BCUT2D eigenvalue weighted by Gasteiger charge is 2.42. The van der Waals surface area contributed by atoms with E-state index in [0.29, 0.717) is 11.8 Å². The molecule has 3 N–H and O–H groups in total. The molecule has 0 aliphatic heterocycles. The van der Waals surface area contributed by atoms with Crippen LogP contribution in [0, 0.1) is 11.8 Å². The Kier molecular flexibility index (Phi) is 5.45. The predicted octanol–water partition coefficient (Wildman–Crippen LogP) is 2.27. The number of hydrogen-bond donors (Lipinski definition) is 3. The Bertz CT molecular complexity index is 277.